The number of anilines is 1. The molecule has 0 aliphatic rings. The Kier molecular flexibility index (Phi) is 3.71. The summed E-state index contributed by atoms with van der Waals surface area (Å²) < 4.78 is 0. The van der Waals surface area contributed by atoms with Crippen LogP contribution in [0.1, 0.15) is 42.3 Å². The zero-order valence-corrected chi connectivity index (χ0v) is 10.4. The van der Waals surface area contributed by atoms with Crippen LogP contribution in [0.4, 0.5) is 5.82 Å². The first-order valence-corrected chi connectivity index (χ1v) is 5.99. The normalized spacial score (nSPS) is 10.6. The minimum absolute atomic E-state index is 0.148. The Morgan fingerprint density at radius 1 is 1.39 bits per heavy atom. The Morgan fingerprint density at radius 3 is 2.94 bits per heavy atom. The van der Waals surface area contributed by atoms with E-state index in [0.29, 0.717) is 5.82 Å². The predicted octanol–water partition coefficient (Wildman–Crippen LogP) is 1.29. The van der Waals surface area contributed by atoms with Gasteiger partial charge in [-0.15, -0.1) is 5.10 Å². The van der Waals surface area contributed by atoms with Crippen molar-refractivity contribution >= 4 is 11.7 Å². The quantitative estimate of drug-likeness (QED) is 0.742. The fraction of sp³-hybridized carbons (Fsp3) is 0.455. The molecule has 0 fully saturated rings. The van der Waals surface area contributed by atoms with Gasteiger partial charge in [-0.25, -0.2) is 4.98 Å². The van der Waals surface area contributed by atoms with E-state index >= 15 is 0 Å². The van der Waals surface area contributed by atoms with E-state index in [1.165, 1.54) is 0 Å². The summed E-state index contributed by atoms with van der Waals surface area (Å²) in [5.41, 5.74) is 0.952. The number of hydrogen-bond acceptors (Lipinski definition) is 4. The van der Waals surface area contributed by atoms with E-state index in [-0.39, 0.29) is 11.7 Å². The van der Waals surface area contributed by atoms with Gasteiger partial charge < -0.3 is 5.32 Å². The summed E-state index contributed by atoms with van der Waals surface area (Å²) in [5, 5.41) is 16.0. The second kappa shape index (κ2) is 5.44. The van der Waals surface area contributed by atoms with Crippen molar-refractivity contribution in [2.75, 3.05) is 5.32 Å². The average molecular weight is 248 g/mol. The molecule has 0 unspecified atom stereocenters. The van der Waals surface area contributed by atoms with Crippen LogP contribution in [0.15, 0.2) is 6.20 Å². The largest absolute Gasteiger partial charge is 0.304 e. The summed E-state index contributed by atoms with van der Waals surface area (Å²) in [4.78, 5) is 16.0. The summed E-state index contributed by atoms with van der Waals surface area (Å²) in [6.45, 7) is 4.03. The third kappa shape index (κ3) is 2.55. The molecule has 2 aromatic rings. The molecule has 2 aromatic heterocycles. The molecule has 0 spiro atoms. The molecule has 0 aromatic carbocycles. The van der Waals surface area contributed by atoms with Gasteiger partial charge in [0.1, 0.15) is 11.6 Å². The Bertz CT molecular complexity index is 529. The Hall–Kier alpha value is -2.18. The van der Waals surface area contributed by atoms with Crippen molar-refractivity contribution in [3.63, 3.8) is 0 Å². The monoisotopic (exact) mass is 248 g/mol. The van der Waals surface area contributed by atoms with Crippen molar-refractivity contribution in [1.82, 2.24) is 25.4 Å². The Morgan fingerprint density at radius 2 is 2.22 bits per heavy atom. The molecule has 0 saturated carbocycles. The van der Waals surface area contributed by atoms with Gasteiger partial charge in [0.2, 0.25) is 5.82 Å². The van der Waals surface area contributed by atoms with Gasteiger partial charge in [0.05, 0.1) is 6.20 Å². The SMILES string of the molecule is CCCc1nc(C(=O)Nc2[nH]ncc2CC)n[nH]1. The molecule has 7 nitrogen and oxygen atoms in total. The lowest BCUT2D eigenvalue weighted by Gasteiger charge is -2.00. The molecule has 0 atom stereocenters. The van der Waals surface area contributed by atoms with E-state index in [1.807, 2.05) is 13.8 Å². The van der Waals surface area contributed by atoms with Crippen LogP contribution >= 0.6 is 0 Å². The Balaban J connectivity index is 2.07. The van der Waals surface area contributed by atoms with Gasteiger partial charge in [-0.2, -0.15) is 5.10 Å². The number of nitrogens with one attached hydrogen (secondary N) is 3. The Labute approximate surface area is 104 Å². The van der Waals surface area contributed by atoms with Gasteiger partial charge in [-0.05, 0) is 12.8 Å². The summed E-state index contributed by atoms with van der Waals surface area (Å²) in [6.07, 6.45) is 4.22. The third-order valence-electron chi connectivity index (χ3n) is 2.56. The van der Waals surface area contributed by atoms with Crippen LogP contribution in [0.25, 0.3) is 0 Å². The smallest absolute Gasteiger partial charge is 0.296 e. The minimum atomic E-state index is -0.340. The molecular formula is C11H16N6O. The van der Waals surface area contributed by atoms with Crippen LogP contribution in [-0.4, -0.2) is 31.3 Å². The zero-order valence-electron chi connectivity index (χ0n) is 10.4. The van der Waals surface area contributed by atoms with E-state index in [4.69, 9.17) is 0 Å². The highest BCUT2D eigenvalue weighted by Gasteiger charge is 2.14. The summed E-state index contributed by atoms with van der Waals surface area (Å²) in [5.74, 6) is 1.13. The van der Waals surface area contributed by atoms with Crippen LogP contribution in [0, 0.1) is 0 Å². The molecule has 2 heterocycles. The second-order valence-corrected chi connectivity index (χ2v) is 3.93. The number of hydrogen-bond donors (Lipinski definition) is 3. The lowest BCUT2D eigenvalue weighted by molar-refractivity contribution is 0.101. The molecule has 0 radical (unpaired) electrons. The summed E-state index contributed by atoms with van der Waals surface area (Å²) in [7, 11) is 0. The maximum Gasteiger partial charge on any atom is 0.296 e. The van der Waals surface area contributed by atoms with Crippen LogP contribution < -0.4 is 5.32 Å². The highest BCUT2D eigenvalue weighted by atomic mass is 16.2. The van der Waals surface area contributed by atoms with Crippen molar-refractivity contribution in [2.24, 2.45) is 0 Å². The maximum absolute atomic E-state index is 11.9. The van der Waals surface area contributed by atoms with Gasteiger partial charge in [0.15, 0.2) is 0 Å². The molecule has 2 rings (SSSR count). The number of carbonyl (C=O) groups is 1. The number of aryl methyl sites for hydroxylation is 2. The van der Waals surface area contributed by atoms with E-state index in [9.17, 15) is 4.79 Å². The van der Waals surface area contributed by atoms with Crippen molar-refractivity contribution < 1.29 is 4.79 Å². The van der Waals surface area contributed by atoms with Gasteiger partial charge in [-0.1, -0.05) is 13.8 Å². The molecule has 0 aliphatic heterocycles. The van der Waals surface area contributed by atoms with Gasteiger partial charge in [-0.3, -0.25) is 15.0 Å². The first-order chi connectivity index (χ1) is 8.74. The van der Waals surface area contributed by atoms with Gasteiger partial charge in [0.25, 0.3) is 5.91 Å². The first kappa shape index (κ1) is 12.3. The van der Waals surface area contributed by atoms with Crippen LogP contribution in [0.2, 0.25) is 0 Å². The molecular weight excluding hydrogens is 232 g/mol. The second-order valence-electron chi connectivity index (χ2n) is 3.93. The number of carbonyl (C=O) groups excluding carboxylic acids is 1. The molecule has 96 valence electrons. The van der Waals surface area contributed by atoms with E-state index in [0.717, 1.165) is 30.7 Å². The number of nitrogens with zero attached hydrogens (tertiary/aromatic N) is 3. The predicted molar refractivity (Wildman–Crippen MR) is 66.3 cm³/mol. The third-order valence-corrected chi connectivity index (χ3v) is 2.56. The highest BCUT2D eigenvalue weighted by molar-refractivity contribution is 6.01. The van der Waals surface area contributed by atoms with E-state index in [2.05, 4.69) is 30.7 Å². The number of amides is 1. The molecule has 7 heteroatoms. The molecule has 0 bridgehead atoms. The van der Waals surface area contributed by atoms with Gasteiger partial charge >= 0.3 is 0 Å². The zero-order chi connectivity index (χ0) is 13.0. The molecule has 18 heavy (non-hydrogen) atoms. The fourth-order valence-electron chi connectivity index (χ4n) is 1.60. The standard InChI is InChI=1S/C11H16N6O/c1-3-5-8-13-10(17-15-8)11(18)14-9-7(4-2)6-12-16-9/h6H,3-5H2,1-2H3,(H,13,15,17)(H2,12,14,16,18). The minimum Gasteiger partial charge on any atom is -0.304 e. The fourth-order valence-corrected chi connectivity index (χ4v) is 1.60. The highest BCUT2D eigenvalue weighted by Crippen LogP contribution is 2.11. The van der Waals surface area contributed by atoms with Crippen molar-refractivity contribution in [3.8, 4) is 0 Å². The number of H-pyrrole nitrogens is 2. The average Bonchev–Trinajstić information content (AvgIpc) is 2.98. The summed E-state index contributed by atoms with van der Waals surface area (Å²) in [6, 6.07) is 0. The lowest BCUT2D eigenvalue weighted by atomic mass is 10.2. The van der Waals surface area contributed by atoms with Crippen molar-refractivity contribution in [2.45, 2.75) is 33.1 Å². The van der Waals surface area contributed by atoms with Crippen LogP contribution in [-0.2, 0) is 12.8 Å². The lowest BCUT2D eigenvalue weighted by Crippen LogP contribution is -2.15. The van der Waals surface area contributed by atoms with Crippen LogP contribution in [0.3, 0.4) is 0 Å². The van der Waals surface area contributed by atoms with Crippen molar-refractivity contribution in [3.05, 3.63) is 23.4 Å². The maximum atomic E-state index is 11.9. The first-order valence-electron chi connectivity index (χ1n) is 5.99. The van der Waals surface area contributed by atoms with Crippen molar-refractivity contribution in [1.29, 1.82) is 0 Å². The molecule has 3 N–H and O–H groups in total. The number of aromatic nitrogens is 5. The topological polar surface area (TPSA) is 99.3 Å². The molecule has 1 amide bonds. The van der Waals surface area contributed by atoms with E-state index in [1.54, 1.807) is 6.20 Å². The number of rotatable bonds is 5. The molecule has 0 aliphatic carbocycles. The summed E-state index contributed by atoms with van der Waals surface area (Å²) >= 11 is 0. The van der Waals surface area contributed by atoms with Crippen LogP contribution in [0.5, 0.6) is 0 Å². The van der Waals surface area contributed by atoms with E-state index < -0.39 is 0 Å². The van der Waals surface area contributed by atoms with Gasteiger partial charge in [0, 0.05) is 12.0 Å². The number of aromatic amines is 2. The molecule has 0 saturated heterocycles.